The van der Waals surface area contributed by atoms with Crippen molar-refractivity contribution >= 4 is 23.0 Å². The zero-order chi connectivity index (χ0) is 18.8. The van der Waals surface area contributed by atoms with E-state index in [1.165, 1.54) is 29.2 Å². The predicted molar refractivity (Wildman–Crippen MR) is 92.5 cm³/mol. The Morgan fingerprint density at radius 3 is 2.65 bits per heavy atom. The van der Waals surface area contributed by atoms with Crippen molar-refractivity contribution in [3.63, 3.8) is 0 Å². The Balaban J connectivity index is 1.72. The van der Waals surface area contributed by atoms with E-state index in [0.29, 0.717) is 24.2 Å². The molecule has 3 rings (SSSR count). The van der Waals surface area contributed by atoms with Crippen molar-refractivity contribution in [1.29, 1.82) is 0 Å². The number of nitrogens with zero attached hydrogens (tertiary/aromatic N) is 3. The second-order valence-corrected chi connectivity index (χ2v) is 5.81. The van der Waals surface area contributed by atoms with Gasteiger partial charge in [-0.25, -0.2) is 0 Å². The van der Waals surface area contributed by atoms with Gasteiger partial charge in [0.2, 0.25) is 0 Å². The largest absolute Gasteiger partial charge is 0.483 e. The van der Waals surface area contributed by atoms with Crippen molar-refractivity contribution in [3.8, 4) is 5.75 Å². The summed E-state index contributed by atoms with van der Waals surface area (Å²) in [5.74, 6) is -0.0424. The summed E-state index contributed by atoms with van der Waals surface area (Å²) < 4.78 is 5.47. The Labute approximate surface area is 148 Å². The van der Waals surface area contributed by atoms with Crippen molar-refractivity contribution < 1.29 is 19.4 Å². The van der Waals surface area contributed by atoms with Crippen LogP contribution in [0.15, 0.2) is 36.4 Å². The molecule has 9 heteroatoms. The van der Waals surface area contributed by atoms with Gasteiger partial charge in [0, 0.05) is 30.4 Å². The Morgan fingerprint density at radius 2 is 1.96 bits per heavy atom. The molecule has 0 spiro atoms. The summed E-state index contributed by atoms with van der Waals surface area (Å²) in [6, 6.07) is 8.81. The van der Waals surface area contributed by atoms with Gasteiger partial charge in [0.05, 0.1) is 15.4 Å². The molecule has 0 saturated carbocycles. The van der Waals surface area contributed by atoms with Crippen molar-refractivity contribution in [2.75, 3.05) is 18.1 Å². The quantitative estimate of drug-likeness (QED) is 0.600. The normalized spacial score (nSPS) is 12.6. The second-order valence-electron chi connectivity index (χ2n) is 5.81. The van der Waals surface area contributed by atoms with Crippen molar-refractivity contribution in [2.45, 2.75) is 13.3 Å². The first-order valence-electron chi connectivity index (χ1n) is 7.83. The summed E-state index contributed by atoms with van der Waals surface area (Å²) in [4.78, 5) is 34.8. The first-order valence-corrected chi connectivity index (χ1v) is 7.83. The minimum Gasteiger partial charge on any atom is -0.483 e. The van der Waals surface area contributed by atoms with Gasteiger partial charge >= 0.3 is 0 Å². The van der Waals surface area contributed by atoms with E-state index >= 15 is 0 Å². The summed E-state index contributed by atoms with van der Waals surface area (Å²) in [5, 5.41) is 21.8. The van der Waals surface area contributed by atoms with Crippen LogP contribution in [0.5, 0.6) is 5.75 Å². The molecule has 0 atom stereocenters. The van der Waals surface area contributed by atoms with Gasteiger partial charge < -0.3 is 9.64 Å². The highest BCUT2D eigenvalue weighted by Gasteiger charge is 2.27. The number of fused-ring (bicyclic) bond motifs is 1. The fraction of sp³-hybridized carbons (Fsp3) is 0.235. The molecular weight excluding hydrogens is 342 g/mol. The summed E-state index contributed by atoms with van der Waals surface area (Å²) in [5.41, 5.74) is 1.62. The van der Waals surface area contributed by atoms with Gasteiger partial charge in [0.1, 0.15) is 5.75 Å². The summed E-state index contributed by atoms with van der Waals surface area (Å²) in [6.07, 6.45) is 0.526. The molecule has 0 aromatic heterocycles. The number of anilines is 1. The molecule has 0 unspecified atom stereocenters. The minimum absolute atomic E-state index is 0.0125. The molecule has 1 aliphatic heterocycles. The van der Waals surface area contributed by atoms with Crippen LogP contribution >= 0.6 is 0 Å². The number of hydrogen-bond donors (Lipinski definition) is 0. The molecule has 0 fully saturated rings. The van der Waals surface area contributed by atoms with E-state index in [-0.39, 0.29) is 29.6 Å². The first-order chi connectivity index (χ1) is 12.4. The van der Waals surface area contributed by atoms with Gasteiger partial charge in [-0.2, -0.15) is 0 Å². The summed E-state index contributed by atoms with van der Waals surface area (Å²) >= 11 is 0. The van der Waals surface area contributed by atoms with Crippen LogP contribution in [0.2, 0.25) is 0 Å². The highest BCUT2D eigenvalue weighted by atomic mass is 16.6. The standard InChI is InChI=1S/C17H15N3O6/c1-11-14(20(24)25)3-2-4-16(11)26-10-17(21)18-8-7-12-9-13(19(22)23)5-6-15(12)18/h2-6,9H,7-8,10H2,1H3. The third kappa shape index (κ3) is 3.18. The van der Waals surface area contributed by atoms with E-state index in [0.717, 1.165) is 5.56 Å². The van der Waals surface area contributed by atoms with E-state index in [4.69, 9.17) is 4.74 Å². The summed E-state index contributed by atoms with van der Waals surface area (Å²) in [6.45, 7) is 1.69. The Kier molecular flexibility index (Phi) is 4.53. The maximum atomic E-state index is 12.5. The summed E-state index contributed by atoms with van der Waals surface area (Å²) in [7, 11) is 0. The molecule has 1 heterocycles. The fourth-order valence-electron chi connectivity index (χ4n) is 2.94. The Morgan fingerprint density at radius 1 is 1.19 bits per heavy atom. The molecule has 26 heavy (non-hydrogen) atoms. The molecule has 2 aromatic carbocycles. The third-order valence-corrected chi connectivity index (χ3v) is 4.27. The van der Waals surface area contributed by atoms with Gasteiger partial charge in [0.25, 0.3) is 17.3 Å². The lowest BCUT2D eigenvalue weighted by molar-refractivity contribution is -0.385. The fourth-order valence-corrected chi connectivity index (χ4v) is 2.94. The van der Waals surface area contributed by atoms with Crippen LogP contribution in [-0.4, -0.2) is 28.9 Å². The highest BCUT2D eigenvalue weighted by molar-refractivity contribution is 5.96. The molecule has 1 aliphatic rings. The number of nitro benzene ring substituents is 2. The van der Waals surface area contributed by atoms with Gasteiger partial charge in [0.15, 0.2) is 6.61 Å². The minimum atomic E-state index is -0.506. The van der Waals surface area contributed by atoms with Crippen LogP contribution in [0, 0.1) is 27.2 Å². The van der Waals surface area contributed by atoms with E-state index < -0.39 is 9.85 Å². The number of carbonyl (C=O) groups excluding carboxylic acids is 1. The molecular formula is C17H15N3O6. The number of carbonyl (C=O) groups is 1. The molecule has 0 saturated heterocycles. The zero-order valence-electron chi connectivity index (χ0n) is 13.9. The number of hydrogen-bond acceptors (Lipinski definition) is 6. The molecule has 0 N–H and O–H groups in total. The average molecular weight is 357 g/mol. The van der Waals surface area contributed by atoms with Gasteiger partial charge in [-0.1, -0.05) is 6.07 Å². The SMILES string of the molecule is Cc1c(OCC(=O)N2CCc3cc([N+](=O)[O-])ccc32)cccc1[N+](=O)[O-]. The Bertz CT molecular complexity index is 911. The van der Waals surface area contributed by atoms with Crippen LogP contribution in [-0.2, 0) is 11.2 Å². The smallest absolute Gasteiger partial charge is 0.276 e. The van der Waals surface area contributed by atoms with Gasteiger partial charge in [-0.3, -0.25) is 25.0 Å². The van der Waals surface area contributed by atoms with E-state index in [9.17, 15) is 25.0 Å². The van der Waals surface area contributed by atoms with Gasteiger partial charge in [-0.05, 0) is 31.0 Å². The average Bonchev–Trinajstić information content (AvgIpc) is 3.03. The van der Waals surface area contributed by atoms with Crippen LogP contribution in [0.25, 0.3) is 0 Å². The third-order valence-electron chi connectivity index (χ3n) is 4.27. The number of benzene rings is 2. The molecule has 1 amide bonds. The highest BCUT2D eigenvalue weighted by Crippen LogP contribution is 2.32. The number of ether oxygens (including phenoxy) is 1. The molecule has 9 nitrogen and oxygen atoms in total. The first kappa shape index (κ1) is 17.3. The number of non-ortho nitro benzene ring substituents is 1. The predicted octanol–water partition coefficient (Wildman–Crippen LogP) is 2.78. The maximum absolute atomic E-state index is 12.5. The van der Waals surface area contributed by atoms with Crippen LogP contribution in [0.3, 0.4) is 0 Å². The van der Waals surface area contributed by atoms with Crippen LogP contribution in [0.1, 0.15) is 11.1 Å². The molecule has 0 aliphatic carbocycles. The van der Waals surface area contributed by atoms with E-state index in [2.05, 4.69) is 0 Å². The lowest BCUT2D eigenvalue weighted by Crippen LogP contribution is -2.33. The van der Waals surface area contributed by atoms with Crippen molar-refractivity contribution in [2.24, 2.45) is 0 Å². The second kappa shape index (κ2) is 6.79. The number of nitro groups is 2. The molecule has 134 valence electrons. The number of amides is 1. The van der Waals surface area contributed by atoms with Crippen molar-refractivity contribution in [3.05, 3.63) is 67.8 Å². The van der Waals surface area contributed by atoms with Gasteiger partial charge in [-0.15, -0.1) is 0 Å². The van der Waals surface area contributed by atoms with E-state index in [1.807, 2.05) is 0 Å². The van der Waals surface area contributed by atoms with Crippen LogP contribution in [0.4, 0.5) is 17.1 Å². The number of rotatable bonds is 5. The van der Waals surface area contributed by atoms with Crippen molar-refractivity contribution in [1.82, 2.24) is 0 Å². The molecule has 0 bridgehead atoms. The zero-order valence-corrected chi connectivity index (χ0v) is 13.9. The molecule has 0 radical (unpaired) electrons. The maximum Gasteiger partial charge on any atom is 0.276 e. The monoisotopic (exact) mass is 357 g/mol. The van der Waals surface area contributed by atoms with Crippen LogP contribution < -0.4 is 9.64 Å². The lowest BCUT2D eigenvalue weighted by Gasteiger charge is -2.18. The topological polar surface area (TPSA) is 116 Å². The van der Waals surface area contributed by atoms with E-state index in [1.54, 1.807) is 19.1 Å². The Hall–Kier alpha value is -3.49. The molecule has 2 aromatic rings. The lowest BCUT2D eigenvalue weighted by atomic mass is 10.1.